The Labute approximate surface area is 211 Å². The Hall–Kier alpha value is -2.19. The zero-order valence-corrected chi connectivity index (χ0v) is 23.2. The molecule has 33 heavy (non-hydrogen) atoms. The third-order valence-electron chi connectivity index (χ3n) is 4.70. The molecule has 176 valence electrons. The molecule has 8 heteroatoms. The summed E-state index contributed by atoms with van der Waals surface area (Å²) in [6.07, 6.45) is 1.63. The van der Waals surface area contributed by atoms with Crippen LogP contribution in [0.4, 0.5) is 0 Å². The fraction of sp³-hybridized carbons (Fsp3) is 0.400. The molecule has 6 nitrogen and oxygen atoms in total. The number of aromatic nitrogens is 2. The lowest BCUT2D eigenvalue weighted by molar-refractivity contribution is 0.190. The van der Waals surface area contributed by atoms with Gasteiger partial charge >= 0.3 is 0 Å². The molecule has 3 rings (SSSR count). The van der Waals surface area contributed by atoms with Crippen LogP contribution in [0.25, 0.3) is 10.9 Å². The number of rotatable bonds is 5. The van der Waals surface area contributed by atoms with E-state index in [1.165, 1.54) is 4.68 Å². The lowest BCUT2D eigenvalue weighted by Gasteiger charge is -2.21. The quantitative estimate of drug-likeness (QED) is 0.323. The van der Waals surface area contributed by atoms with Gasteiger partial charge in [0.1, 0.15) is 5.82 Å². The Bertz CT molecular complexity index is 1270. The van der Waals surface area contributed by atoms with Crippen LogP contribution in [0, 0.1) is 5.41 Å². The number of ether oxygens (including phenoxy) is 2. The van der Waals surface area contributed by atoms with Gasteiger partial charge in [-0.2, -0.15) is 9.78 Å². The summed E-state index contributed by atoms with van der Waals surface area (Å²) in [5.74, 6) is 1.79. The summed E-state index contributed by atoms with van der Waals surface area (Å²) >= 11 is 7.02. The van der Waals surface area contributed by atoms with E-state index in [-0.39, 0.29) is 16.4 Å². The summed E-state index contributed by atoms with van der Waals surface area (Å²) in [5, 5.41) is 5.04. The molecule has 3 aromatic rings. The SMILES string of the molecule is COc1cc(C=Nn2c(C(C)(C)C)nc3ccc(Br)cc3c2=O)cc(Br)c1OCC(C)(C)C. The molecular weight excluding hydrogens is 550 g/mol. The highest BCUT2D eigenvalue weighted by Crippen LogP contribution is 2.37. The molecule has 1 aromatic heterocycles. The number of benzene rings is 2. The maximum absolute atomic E-state index is 13.3. The van der Waals surface area contributed by atoms with Gasteiger partial charge < -0.3 is 9.47 Å². The van der Waals surface area contributed by atoms with Gasteiger partial charge in [0.05, 0.1) is 35.3 Å². The second-order valence-corrected chi connectivity index (χ2v) is 11.9. The monoisotopic (exact) mass is 577 g/mol. The average Bonchev–Trinajstić information content (AvgIpc) is 2.70. The van der Waals surface area contributed by atoms with Crippen LogP contribution in [0.3, 0.4) is 0 Å². The second kappa shape index (κ2) is 9.58. The Morgan fingerprint density at radius 3 is 2.39 bits per heavy atom. The van der Waals surface area contributed by atoms with Crippen molar-refractivity contribution < 1.29 is 9.47 Å². The first-order valence-corrected chi connectivity index (χ1v) is 12.2. The van der Waals surface area contributed by atoms with Gasteiger partial charge in [0, 0.05) is 9.89 Å². The topological polar surface area (TPSA) is 65.7 Å². The average molecular weight is 579 g/mol. The van der Waals surface area contributed by atoms with Crippen molar-refractivity contribution in [2.24, 2.45) is 10.5 Å². The number of halogens is 2. The molecule has 0 radical (unpaired) electrons. The van der Waals surface area contributed by atoms with Crippen LogP contribution >= 0.6 is 31.9 Å². The molecule has 0 saturated heterocycles. The zero-order chi connectivity index (χ0) is 24.6. The first-order chi connectivity index (χ1) is 15.3. The summed E-state index contributed by atoms with van der Waals surface area (Å²) in [6, 6.07) is 9.20. The van der Waals surface area contributed by atoms with Crippen LogP contribution in [0.1, 0.15) is 52.9 Å². The molecule has 0 aliphatic rings. The highest BCUT2D eigenvalue weighted by molar-refractivity contribution is 9.10. The fourth-order valence-electron chi connectivity index (χ4n) is 3.11. The van der Waals surface area contributed by atoms with Crippen LogP contribution in [0.2, 0.25) is 0 Å². The number of hydrogen-bond donors (Lipinski definition) is 0. The predicted octanol–water partition coefficient (Wildman–Crippen LogP) is 6.53. The molecule has 0 atom stereocenters. The minimum absolute atomic E-state index is 0.00713. The molecule has 2 aromatic carbocycles. The van der Waals surface area contributed by atoms with Gasteiger partial charge in [-0.1, -0.05) is 57.5 Å². The molecule has 0 aliphatic heterocycles. The fourth-order valence-corrected chi connectivity index (χ4v) is 4.04. The van der Waals surface area contributed by atoms with E-state index < -0.39 is 0 Å². The van der Waals surface area contributed by atoms with Crippen LogP contribution in [-0.2, 0) is 5.41 Å². The van der Waals surface area contributed by atoms with Crippen LogP contribution in [0.15, 0.2) is 49.2 Å². The molecule has 0 N–H and O–H groups in total. The van der Waals surface area contributed by atoms with Gasteiger partial charge in [0.2, 0.25) is 0 Å². The summed E-state index contributed by atoms with van der Waals surface area (Å²) in [4.78, 5) is 18.1. The van der Waals surface area contributed by atoms with Crippen molar-refractivity contribution in [2.75, 3.05) is 13.7 Å². The lowest BCUT2D eigenvalue weighted by atomic mass is 9.95. The van der Waals surface area contributed by atoms with Gasteiger partial charge in [-0.05, 0) is 57.2 Å². The third-order valence-corrected chi connectivity index (χ3v) is 5.79. The van der Waals surface area contributed by atoms with Crippen LogP contribution in [-0.4, -0.2) is 29.6 Å². The zero-order valence-electron chi connectivity index (χ0n) is 20.0. The standard InChI is InChI=1S/C25H29Br2N3O3/c1-24(2,3)14-33-21-18(27)10-15(11-20(21)32-7)13-28-30-22(31)17-12-16(26)8-9-19(17)29-23(30)25(4,5)6/h8-13H,14H2,1-7H3. The molecular formula is C25H29Br2N3O3. The Morgan fingerprint density at radius 1 is 1.09 bits per heavy atom. The first-order valence-electron chi connectivity index (χ1n) is 10.6. The Balaban J connectivity index is 2.09. The predicted molar refractivity (Wildman–Crippen MR) is 141 cm³/mol. The molecule has 0 bridgehead atoms. The van der Waals surface area contributed by atoms with Crippen molar-refractivity contribution in [3.63, 3.8) is 0 Å². The van der Waals surface area contributed by atoms with E-state index in [2.05, 4.69) is 57.7 Å². The first kappa shape index (κ1) is 25.4. The summed E-state index contributed by atoms with van der Waals surface area (Å²) in [6.45, 7) is 12.9. The van der Waals surface area contributed by atoms with E-state index in [1.54, 1.807) is 19.4 Å². The van der Waals surface area contributed by atoms with Crippen molar-refractivity contribution in [1.82, 2.24) is 9.66 Å². The van der Waals surface area contributed by atoms with Gasteiger partial charge in [0.25, 0.3) is 5.56 Å². The number of hydrogen-bond acceptors (Lipinski definition) is 5. The second-order valence-electron chi connectivity index (χ2n) is 10.1. The van der Waals surface area contributed by atoms with Crippen molar-refractivity contribution >= 4 is 49.0 Å². The summed E-state index contributed by atoms with van der Waals surface area (Å²) in [5.41, 5.74) is 0.791. The molecule has 0 unspecified atom stereocenters. The van der Waals surface area contributed by atoms with E-state index in [1.807, 2.05) is 45.0 Å². The number of nitrogens with zero attached hydrogens (tertiary/aromatic N) is 3. The maximum Gasteiger partial charge on any atom is 0.282 e. The molecule has 1 heterocycles. The molecule has 0 aliphatic carbocycles. The van der Waals surface area contributed by atoms with Crippen molar-refractivity contribution in [1.29, 1.82) is 0 Å². The summed E-state index contributed by atoms with van der Waals surface area (Å²) in [7, 11) is 1.60. The van der Waals surface area contributed by atoms with Crippen molar-refractivity contribution in [3.05, 3.63) is 61.0 Å². The highest BCUT2D eigenvalue weighted by Gasteiger charge is 2.23. The highest BCUT2D eigenvalue weighted by atomic mass is 79.9. The Morgan fingerprint density at radius 2 is 1.79 bits per heavy atom. The van der Waals surface area contributed by atoms with Gasteiger partial charge in [0.15, 0.2) is 11.5 Å². The maximum atomic E-state index is 13.3. The van der Waals surface area contributed by atoms with E-state index in [9.17, 15) is 4.79 Å². The number of fused-ring (bicyclic) bond motifs is 1. The molecule has 0 fully saturated rings. The van der Waals surface area contributed by atoms with Gasteiger partial charge in [-0.25, -0.2) is 4.98 Å². The minimum Gasteiger partial charge on any atom is -0.493 e. The summed E-state index contributed by atoms with van der Waals surface area (Å²) < 4.78 is 14.5. The van der Waals surface area contributed by atoms with E-state index in [4.69, 9.17) is 14.5 Å². The minimum atomic E-state index is -0.388. The van der Waals surface area contributed by atoms with Crippen LogP contribution in [0.5, 0.6) is 11.5 Å². The lowest BCUT2D eigenvalue weighted by Crippen LogP contribution is -2.29. The van der Waals surface area contributed by atoms with Gasteiger partial charge in [-0.3, -0.25) is 4.79 Å². The molecule has 0 amide bonds. The van der Waals surface area contributed by atoms with Crippen molar-refractivity contribution in [3.8, 4) is 11.5 Å². The smallest absolute Gasteiger partial charge is 0.282 e. The van der Waals surface area contributed by atoms with Gasteiger partial charge in [-0.15, -0.1) is 0 Å². The molecule has 0 saturated carbocycles. The normalized spacial score (nSPS) is 12.5. The van der Waals surface area contributed by atoms with E-state index in [0.717, 1.165) is 14.5 Å². The number of methoxy groups -OCH3 is 1. The largest absolute Gasteiger partial charge is 0.493 e. The van der Waals surface area contributed by atoms with Crippen LogP contribution < -0.4 is 15.0 Å². The Kier molecular flexibility index (Phi) is 7.39. The van der Waals surface area contributed by atoms with Crippen molar-refractivity contribution in [2.45, 2.75) is 47.0 Å². The van der Waals surface area contributed by atoms with E-state index in [0.29, 0.717) is 34.8 Å². The molecule has 0 spiro atoms. The third kappa shape index (κ3) is 6.03. The van der Waals surface area contributed by atoms with E-state index >= 15 is 0 Å².